The zero-order chi connectivity index (χ0) is 22.5. The van der Waals surface area contributed by atoms with E-state index in [4.69, 9.17) is 9.15 Å². The van der Waals surface area contributed by atoms with E-state index >= 15 is 0 Å². The number of furan rings is 1. The highest BCUT2D eigenvalue weighted by Gasteiger charge is 2.26. The monoisotopic (exact) mass is 436 g/mol. The maximum Gasteiger partial charge on any atom is 0.289 e. The molecule has 1 fully saturated rings. The normalized spacial score (nSPS) is 13.7. The van der Waals surface area contributed by atoms with Crippen LogP contribution in [0.2, 0.25) is 0 Å². The van der Waals surface area contributed by atoms with Crippen LogP contribution in [0.1, 0.15) is 26.5 Å². The van der Waals surface area contributed by atoms with Gasteiger partial charge in [-0.3, -0.25) is 14.4 Å². The molecule has 2 aromatic carbocycles. The van der Waals surface area contributed by atoms with Crippen LogP contribution in [0.5, 0.6) is 5.75 Å². The molecule has 164 valence electrons. The number of halogens is 1. The first-order valence-corrected chi connectivity index (χ1v) is 10.1. The number of amides is 2. The second kappa shape index (κ2) is 9.47. The lowest BCUT2D eigenvalue weighted by Gasteiger charge is -2.34. The smallest absolute Gasteiger partial charge is 0.289 e. The molecule has 1 aliphatic rings. The molecule has 0 saturated carbocycles. The number of nitrogens with zero attached hydrogens (tertiary/aromatic N) is 2. The lowest BCUT2D eigenvalue weighted by molar-refractivity contribution is -0.134. The number of piperazine rings is 1. The van der Waals surface area contributed by atoms with Gasteiger partial charge in [0.15, 0.2) is 18.2 Å². The number of hydrogen-bond donors (Lipinski definition) is 0. The average molecular weight is 436 g/mol. The van der Waals surface area contributed by atoms with Gasteiger partial charge >= 0.3 is 0 Å². The van der Waals surface area contributed by atoms with Gasteiger partial charge in [0.05, 0.1) is 6.26 Å². The van der Waals surface area contributed by atoms with Crippen LogP contribution < -0.4 is 4.74 Å². The molecule has 0 bridgehead atoms. The molecule has 0 N–H and O–H groups in total. The summed E-state index contributed by atoms with van der Waals surface area (Å²) in [5.74, 6) is -0.250. The van der Waals surface area contributed by atoms with Crippen molar-refractivity contribution in [1.82, 2.24) is 9.80 Å². The van der Waals surface area contributed by atoms with Crippen molar-refractivity contribution in [2.24, 2.45) is 0 Å². The molecule has 4 rings (SSSR count). The van der Waals surface area contributed by atoms with Crippen LogP contribution in [0.15, 0.2) is 71.3 Å². The van der Waals surface area contributed by atoms with Crippen molar-refractivity contribution in [3.63, 3.8) is 0 Å². The Bertz CT molecular complexity index is 1090. The van der Waals surface area contributed by atoms with E-state index in [-0.39, 0.29) is 30.0 Å². The van der Waals surface area contributed by atoms with Crippen molar-refractivity contribution >= 4 is 17.6 Å². The van der Waals surface area contributed by atoms with Gasteiger partial charge in [-0.15, -0.1) is 0 Å². The lowest BCUT2D eigenvalue weighted by atomic mass is 10.0. The average Bonchev–Trinajstić information content (AvgIpc) is 3.38. The summed E-state index contributed by atoms with van der Waals surface area (Å²) in [6.45, 7) is 1.54. The Kier molecular flexibility index (Phi) is 6.30. The molecule has 0 unspecified atom stereocenters. The minimum atomic E-state index is -0.402. The Balaban J connectivity index is 1.26. The number of ketones is 1. The molecule has 7 nitrogen and oxygen atoms in total. The molecular weight excluding hydrogens is 415 g/mol. The summed E-state index contributed by atoms with van der Waals surface area (Å²) in [5, 5.41) is 0. The number of carbonyl (C=O) groups excluding carboxylic acids is 3. The van der Waals surface area contributed by atoms with Gasteiger partial charge in [0, 0.05) is 37.3 Å². The Morgan fingerprint density at radius 2 is 1.44 bits per heavy atom. The number of hydrogen-bond acceptors (Lipinski definition) is 5. The summed E-state index contributed by atoms with van der Waals surface area (Å²) in [4.78, 5) is 40.5. The summed E-state index contributed by atoms with van der Waals surface area (Å²) in [6.07, 6.45) is 1.45. The predicted molar refractivity (Wildman–Crippen MR) is 113 cm³/mol. The van der Waals surface area contributed by atoms with Crippen LogP contribution in [0.4, 0.5) is 4.39 Å². The first kappa shape index (κ1) is 21.3. The maximum absolute atomic E-state index is 13.0. The van der Waals surface area contributed by atoms with Gasteiger partial charge in [-0.1, -0.05) is 0 Å². The van der Waals surface area contributed by atoms with Crippen LogP contribution in [-0.2, 0) is 4.79 Å². The summed E-state index contributed by atoms with van der Waals surface area (Å²) < 4.78 is 23.7. The van der Waals surface area contributed by atoms with Gasteiger partial charge in [-0.05, 0) is 60.7 Å². The van der Waals surface area contributed by atoms with Crippen LogP contribution in [-0.4, -0.2) is 60.2 Å². The highest BCUT2D eigenvalue weighted by Crippen LogP contribution is 2.16. The van der Waals surface area contributed by atoms with E-state index in [1.54, 1.807) is 46.2 Å². The molecule has 8 heteroatoms. The van der Waals surface area contributed by atoms with Gasteiger partial charge in [-0.25, -0.2) is 4.39 Å². The van der Waals surface area contributed by atoms with Gasteiger partial charge < -0.3 is 19.0 Å². The van der Waals surface area contributed by atoms with E-state index in [2.05, 4.69) is 0 Å². The maximum atomic E-state index is 13.0. The minimum Gasteiger partial charge on any atom is -0.484 e. The largest absolute Gasteiger partial charge is 0.484 e. The van der Waals surface area contributed by atoms with Crippen LogP contribution in [0.3, 0.4) is 0 Å². The highest BCUT2D eigenvalue weighted by atomic mass is 19.1. The summed E-state index contributed by atoms with van der Waals surface area (Å²) in [7, 11) is 0. The number of benzene rings is 2. The second-order valence-electron chi connectivity index (χ2n) is 7.30. The molecule has 2 heterocycles. The zero-order valence-corrected chi connectivity index (χ0v) is 17.2. The predicted octanol–water partition coefficient (Wildman–Crippen LogP) is 3.01. The third kappa shape index (κ3) is 4.85. The van der Waals surface area contributed by atoms with Crippen molar-refractivity contribution in [2.45, 2.75) is 0 Å². The quantitative estimate of drug-likeness (QED) is 0.555. The minimum absolute atomic E-state index is 0.141. The fraction of sp³-hybridized carbons (Fsp3) is 0.208. The SMILES string of the molecule is O=C(c1ccc(F)cc1)c1ccc(OCC(=O)N2CCN(C(=O)c3ccco3)CC2)cc1. The molecule has 0 spiro atoms. The molecule has 2 amide bonds. The third-order valence-electron chi connectivity index (χ3n) is 5.24. The first-order valence-electron chi connectivity index (χ1n) is 10.1. The Labute approximate surface area is 184 Å². The molecule has 1 saturated heterocycles. The zero-order valence-electron chi connectivity index (χ0n) is 17.2. The number of rotatable bonds is 6. The van der Waals surface area contributed by atoms with Gasteiger partial charge in [0.25, 0.3) is 11.8 Å². The van der Waals surface area contributed by atoms with Gasteiger partial charge in [0.2, 0.25) is 0 Å². The van der Waals surface area contributed by atoms with Crippen LogP contribution >= 0.6 is 0 Å². The van der Waals surface area contributed by atoms with Gasteiger partial charge in [-0.2, -0.15) is 0 Å². The summed E-state index contributed by atoms with van der Waals surface area (Å²) >= 11 is 0. The summed E-state index contributed by atoms with van der Waals surface area (Å²) in [5.41, 5.74) is 0.826. The van der Waals surface area contributed by atoms with E-state index in [1.165, 1.54) is 30.5 Å². The Morgan fingerprint density at radius 3 is 2.03 bits per heavy atom. The van der Waals surface area contributed by atoms with E-state index in [0.717, 1.165) is 0 Å². The van der Waals surface area contributed by atoms with Crippen molar-refractivity contribution in [2.75, 3.05) is 32.8 Å². The topological polar surface area (TPSA) is 80.1 Å². The fourth-order valence-electron chi connectivity index (χ4n) is 3.42. The van der Waals surface area contributed by atoms with Crippen LogP contribution in [0.25, 0.3) is 0 Å². The molecular formula is C24H21FN2O5. The molecule has 32 heavy (non-hydrogen) atoms. The molecule has 1 aromatic heterocycles. The van der Waals surface area contributed by atoms with E-state index in [1.807, 2.05) is 0 Å². The molecule has 0 aliphatic carbocycles. The van der Waals surface area contributed by atoms with Crippen molar-refractivity contribution in [1.29, 1.82) is 0 Å². The molecule has 3 aromatic rings. The molecule has 0 radical (unpaired) electrons. The van der Waals surface area contributed by atoms with E-state index < -0.39 is 5.82 Å². The number of carbonyl (C=O) groups is 3. The molecule has 1 aliphatic heterocycles. The summed E-state index contributed by atoms with van der Waals surface area (Å²) in [6, 6.07) is 15.1. The number of ether oxygens (including phenoxy) is 1. The Hall–Kier alpha value is -3.94. The fourth-order valence-corrected chi connectivity index (χ4v) is 3.42. The third-order valence-corrected chi connectivity index (χ3v) is 5.24. The van der Waals surface area contributed by atoms with Crippen molar-refractivity contribution < 1.29 is 27.9 Å². The first-order chi connectivity index (χ1) is 15.5. The van der Waals surface area contributed by atoms with Gasteiger partial charge in [0.1, 0.15) is 11.6 Å². The van der Waals surface area contributed by atoms with Crippen LogP contribution in [0, 0.1) is 5.82 Å². The van der Waals surface area contributed by atoms with E-state index in [0.29, 0.717) is 43.1 Å². The second-order valence-corrected chi connectivity index (χ2v) is 7.30. The standard InChI is InChI=1S/C24H21FN2O5/c25-19-7-3-17(4-8-19)23(29)18-5-9-20(10-6-18)32-16-22(28)26-11-13-27(14-12-26)24(30)21-2-1-15-31-21/h1-10,15H,11-14,16H2. The van der Waals surface area contributed by atoms with Crippen molar-refractivity contribution in [3.8, 4) is 5.75 Å². The molecule has 0 atom stereocenters. The van der Waals surface area contributed by atoms with E-state index in [9.17, 15) is 18.8 Å². The Morgan fingerprint density at radius 1 is 0.844 bits per heavy atom. The highest BCUT2D eigenvalue weighted by molar-refractivity contribution is 6.09. The lowest BCUT2D eigenvalue weighted by Crippen LogP contribution is -2.51. The van der Waals surface area contributed by atoms with Crippen molar-refractivity contribution in [3.05, 3.63) is 89.6 Å².